The van der Waals surface area contributed by atoms with Gasteiger partial charge in [0.05, 0.1) is 0 Å². The molecule has 0 radical (unpaired) electrons. The molecule has 0 saturated carbocycles. The van der Waals surface area contributed by atoms with Gasteiger partial charge in [-0.1, -0.05) is 19.1 Å². The van der Waals surface area contributed by atoms with Crippen molar-refractivity contribution in [1.82, 2.24) is 14.7 Å². The molecule has 1 aliphatic rings. The van der Waals surface area contributed by atoms with Gasteiger partial charge in [0.15, 0.2) is 5.69 Å². The fraction of sp³-hybridized carbons (Fsp3) is 0.500. The van der Waals surface area contributed by atoms with Gasteiger partial charge in [0, 0.05) is 37.0 Å². The van der Waals surface area contributed by atoms with Crippen molar-refractivity contribution < 1.29 is 18.0 Å². The van der Waals surface area contributed by atoms with Crippen LogP contribution in [0.5, 0.6) is 0 Å². The van der Waals surface area contributed by atoms with Crippen molar-refractivity contribution in [3.8, 4) is 11.1 Å². The van der Waals surface area contributed by atoms with Crippen LogP contribution in [-0.4, -0.2) is 33.7 Å². The average Bonchev–Trinajstić information content (AvgIpc) is 2.78. The van der Waals surface area contributed by atoms with Gasteiger partial charge in [-0.3, -0.25) is 9.48 Å². The van der Waals surface area contributed by atoms with Crippen LogP contribution in [0.4, 0.5) is 13.2 Å². The van der Waals surface area contributed by atoms with Crippen LogP contribution < -0.4 is 0 Å². The zero-order valence-electron chi connectivity index (χ0n) is 15.8. The predicted octanol–water partition coefficient (Wildman–Crippen LogP) is 4.68. The summed E-state index contributed by atoms with van der Waals surface area (Å²) in [6.07, 6.45) is -1.56. The lowest BCUT2D eigenvalue weighted by atomic mass is 10.00. The molecule has 0 spiro atoms. The van der Waals surface area contributed by atoms with Crippen molar-refractivity contribution in [3.05, 3.63) is 41.2 Å². The molecule has 146 valence electrons. The number of halogens is 3. The monoisotopic (exact) mass is 379 g/mol. The molecular weight excluding hydrogens is 355 g/mol. The van der Waals surface area contributed by atoms with Crippen molar-refractivity contribution in [3.63, 3.8) is 0 Å². The van der Waals surface area contributed by atoms with Crippen molar-refractivity contribution in [1.29, 1.82) is 0 Å². The number of hydrogen-bond acceptors (Lipinski definition) is 2. The van der Waals surface area contributed by atoms with Crippen molar-refractivity contribution in [2.75, 3.05) is 13.1 Å². The number of aromatic nitrogens is 2. The van der Waals surface area contributed by atoms with Crippen LogP contribution in [0.25, 0.3) is 11.1 Å². The van der Waals surface area contributed by atoms with Gasteiger partial charge in [0.25, 0.3) is 5.91 Å². The van der Waals surface area contributed by atoms with E-state index in [4.69, 9.17) is 0 Å². The molecule has 0 unspecified atom stereocenters. The summed E-state index contributed by atoms with van der Waals surface area (Å²) < 4.78 is 41.4. The number of likely N-dealkylation sites (tertiary alicyclic amines) is 1. The molecule has 27 heavy (non-hydrogen) atoms. The van der Waals surface area contributed by atoms with E-state index in [9.17, 15) is 18.0 Å². The molecular formula is C20H24F3N3O. The molecule has 1 fully saturated rings. The zero-order chi connectivity index (χ0) is 19.8. The third-order valence-corrected chi connectivity index (χ3v) is 5.30. The lowest BCUT2D eigenvalue weighted by Crippen LogP contribution is -2.32. The van der Waals surface area contributed by atoms with Crippen LogP contribution in [0.3, 0.4) is 0 Å². The smallest absolute Gasteiger partial charge is 0.339 e. The quantitative estimate of drug-likeness (QED) is 0.760. The van der Waals surface area contributed by atoms with E-state index in [1.165, 1.54) is 11.7 Å². The minimum atomic E-state index is -4.55. The molecule has 2 heterocycles. The number of nitrogens with zero attached hydrogens (tertiary/aromatic N) is 3. The normalized spacial score (nSPS) is 18.4. The van der Waals surface area contributed by atoms with Gasteiger partial charge in [-0.05, 0) is 49.8 Å². The van der Waals surface area contributed by atoms with Gasteiger partial charge >= 0.3 is 6.18 Å². The molecule has 3 rings (SSSR count). The van der Waals surface area contributed by atoms with Crippen LogP contribution in [0.1, 0.15) is 47.9 Å². The molecule has 1 atom stereocenters. The van der Waals surface area contributed by atoms with Crippen molar-refractivity contribution in [2.24, 2.45) is 13.0 Å². The van der Waals surface area contributed by atoms with Crippen molar-refractivity contribution in [2.45, 2.75) is 39.3 Å². The first-order valence-electron chi connectivity index (χ1n) is 9.19. The lowest BCUT2D eigenvalue weighted by Gasteiger charge is -2.21. The van der Waals surface area contributed by atoms with Crippen LogP contribution in [0, 0.1) is 12.8 Å². The molecule has 0 bridgehead atoms. The highest BCUT2D eigenvalue weighted by atomic mass is 19.4. The minimum Gasteiger partial charge on any atom is -0.339 e. The topological polar surface area (TPSA) is 38.1 Å². The Morgan fingerprint density at radius 3 is 2.67 bits per heavy atom. The largest absolute Gasteiger partial charge is 0.435 e. The van der Waals surface area contributed by atoms with E-state index in [1.54, 1.807) is 31.2 Å². The summed E-state index contributed by atoms with van der Waals surface area (Å²) >= 11 is 0. The van der Waals surface area contributed by atoms with E-state index in [2.05, 4.69) is 12.0 Å². The molecule has 0 aliphatic carbocycles. The Labute approximate surface area is 157 Å². The van der Waals surface area contributed by atoms with Gasteiger partial charge in [-0.25, -0.2) is 0 Å². The highest BCUT2D eigenvalue weighted by molar-refractivity contribution is 5.95. The Balaban J connectivity index is 1.96. The molecule has 2 aromatic rings. The van der Waals surface area contributed by atoms with Crippen LogP contribution in [0.2, 0.25) is 0 Å². The molecule has 1 aromatic heterocycles. The summed E-state index contributed by atoms with van der Waals surface area (Å²) in [5.74, 6) is 0.461. The molecule has 4 nitrogen and oxygen atoms in total. The second kappa shape index (κ2) is 7.37. The fourth-order valence-corrected chi connectivity index (χ4v) is 3.61. The molecule has 7 heteroatoms. The van der Waals surface area contributed by atoms with Gasteiger partial charge in [-0.2, -0.15) is 18.3 Å². The predicted molar refractivity (Wildman–Crippen MR) is 97.3 cm³/mol. The first-order valence-corrected chi connectivity index (χ1v) is 9.19. The summed E-state index contributed by atoms with van der Waals surface area (Å²) in [4.78, 5) is 14.7. The first kappa shape index (κ1) is 19.5. The SMILES string of the molecule is Cc1c(-c2cccc(C(=O)N3CCC[C@@H](C)CC3)c2)c(C(F)(F)F)nn1C. The summed E-state index contributed by atoms with van der Waals surface area (Å²) in [5, 5.41) is 3.64. The van der Waals surface area contributed by atoms with Gasteiger partial charge in [0.2, 0.25) is 0 Å². The number of carbonyl (C=O) groups excluding carboxylic acids is 1. The standard InChI is InChI=1S/C20H24F3N3O/c1-13-6-5-10-26(11-9-13)19(27)16-8-4-7-15(12-16)17-14(2)25(3)24-18(17)20(21,22)23/h4,7-8,12-13H,5-6,9-11H2,1-3H3/t13-/m1/s1. The summed E-state index contributed by atoms with van der Waals surface area (Å²) in [6, 6.07) is 6.45. The summed E-state index contributed by atoms with van der Waals surface area (Å²) in [6.45, 7) is 5.15. The van der Waals surface area contributed by atoms with E-state index in [0.717, 1.165) is 19.3 Å². The molecule has 1 aromatic carbocycles. The van der Waals surface area contributed by atoms with Crippen LogP contribution in [-0.2, 0) is 13.2 Å². The minimum absolute atomic E-state index is 0.0316. The third kappa shape index (κ3) is 4.01. The van der Waals surface area contributed by atoms with Gasteiger partial charge in [-0.15, -0.1) is 0 Å². The van der Waals surface area contributed by atoms with E-state index in [1.807, 2.05) is 4.90 Å². The van der Waals surface area contributed by atoms with E-state index >= 15 is 0 Å². The number of benzene rings is 1. The Bertz CT molecular complexity index is 841. The first-order chi connectivity index (χ1) is 12.7. The number of hydrogen-bond donors (Lipinski definition) is 0. The lowest BCUT2D eigenvalue weighted by molar-refractivity contribution is -0.140. The molecule has 0 N–H and O–H groups in total. The number of rotatable bonds is 2. The zero-order valence-corrected chi connectivity index (χ0v) is 15.8. The molecule has 1 aliphatic heterocycles. The number of carbonyl (C=O) groups is 1. The highest BCUT2D eigenvalue weighted by Gasteiger charge is 2.38. The average molecular weight is 379 g/mol. The highest BCUT2D eigenvalue weighted by Crippen LogP contribution is 2.38. The second-order valence-corrected chi connectivity index (χ2v) is 7.34. The Morgan fingerprint density at radius 1 is 1.22 bits per heavy atom. The molecule has 1 saturated heterocycles. The third-order valence-electron chi connectivity index (χ3n) is 5.30. The maximum absolute atomic E-state index is 13.4. The van der Waals surface area contributed by atoms with Crippen LogP contribution >= 0.6 is 0 Å². The van der Waals surface area contributed by atoms with Crippen molar-refractivity contribution >= 4 is 5.91 Å². The van der Waals surface area contributed by atoms with Crippen LogP contribution in [0.15, 0.2) is 24.3 Å². The Kier molecular flexibility index (Phi) is 5.31. The summed E-state index contributed by atoms with van der Waals surface area (Å²) in [7, 11) is 1.49. The van der Waals surface area contributed by atoms with E-state index in [-0.39, 0.29) is 11.5 Å². The second-order valence-electron chi connectivity index (χ2n) is 7.34. The Hall–Kier alpha value is -2.31. The van der Waals surface area contributed by atoms with Gasteiger partial charge < -0.3 is 4.90 Å². The summed E-state index contributed by atoms with van der Waals surface area (Å²) in [5.41, 5.74) is 0.302. The van der Waals surface area contributed by atoms with E-state index < -0.39 is 11.9 Å². The van der Waals surface area contributed by atoms with E-state index in [0.29, 0.717) is 35.8 Å². The maximum atomic E-state index is 13.4. The fourth-order valence-electron chi connectivity index (χ4n) is 3.61. The number of aryl methyl sites for hydroxylation is 1. The maximum Gasteiger partial charge on any atom is 0.435 e. The van der Waals surface area contributed by atoms with Gasteiger partial charge in [0.1, 0.15) is 0 Å². The number of alkyl halides is 3. The molecule has 1 amide bonds. The Morgan fingerprint density at radius 2 is 1.96 bits per heavy atom. The number of amides is 1.